The molecule has 138 valence electrons. The number of halogens is 1. The third kappa shape index (κ3) is 3.52. The maximum atomic E-state index is 12.7. The number of amides is 2. The summed E-state index contributed by atoms with van der Waals surface area (Å²) in [6.45, 7) is 0. The Kier molecular flexibility index (Phi) is 5.19. The van der Waals surface area contributed by atoms with Crippen LogP contribution in [0.3, 0.4) is 0 Å². The second-order valence-corrected chi connectivity index (χ2v) is 6.12. The number of fused-ring (bicyclic) bond motifs is 1. The molecule has 0 aliphatic heterocycles. The summed E-state index contributed by atoms with van der Waals surface area (Å²) in [4.78, 5) is 25.4. The van der Waals surface area contributed by atoms with Gasteiger partial charge >= 0.3 is 5.37 Å². The quantitative estimate of drug-likeness (QED) is 0.509. The molecule has 3 aromatic rings. The Labute approximate surface area is 160 Å². The number of phenolic OH excluding ortho intramolecular Hbond substituents is 1. The van der Waals surface area contributed by atoms with Crippen molar-refractivity contribution in [3.63, 3.8) is 0 Å². The zero-order valence-electron chi connectivity index (χ0n) is 14.7. The van der Waals surface area contributed by atoms with Crippen LogP contribution in [0.15, 0.2) is 54.6 Å². The highest BCUT2D eigenvalue weighted by molar-refractivity contribution is 6.66. The minimum Gasteiger partial charge on any atom is -0.506 e. The molecule has 2 N–H and O–H groups in total. The van der Waals surface area contributed by atoms with Gasteiger partial charge in [0.1, 0.15) is 11.5 Å². The van der Waals surface area contributed by atoms with Crippen molar-refractivity contribution < 1.29 is 19.4 Å². The lowest BCUT2D eigenvalue weighted by Crippen LogP contribution is -2.19. The van der Waals surface area contributed by atoms with E-state index in [0.717, 1.165) is 0 Å². The van der Waals surface area contributed by atoms with Crippen molar-refractivity contribution in [1.82, 2.24) is 0 Å². The highest BCUT2D eigenvalue weighted by atomic mass is 35.5. The van der Waals surface area contributed by atoms with Gasteiger partial charge in [0.25, 0.3) is 5.91 Å². The lowest BCUT2D eigenvalue weighted by molar-refractivity contribution is 0.102. The number of anilines is 2. The minimum absolute atomic E-state index is 0.102. The number of methoxy groups -OCH3 is 1. The van der Waals surface area contributed by atoms with Crippen molar-refractivity contribution in [3.8, 4) is 11.5 Å². The normalized spacial score (nSPS) is 10.5. The molecule has 0 atom stereocenters. The summed E-state index contributed by atoms with van der Waals surface area (Å²) in [6.07, 6.45) is 0. The van der Waals surface area contributed by atoms with Crippen molar-refractivity contribution >= 4 is 45.0 Å². The van der Waals surface area contributed by atoms with E-state index in [9.17, 15) is 14.7 Å². The molecule has 0 fully saturated rings. The third-order valence-electron chi connectivity index (χ3n) is 4.23. The average Bonchev–Trinajstić information content (AvgIpc) is 2.67. The van der Waals surface area contributed by atoms with Crippen LogP contribution >= 0.6 is 11.6 Å². The Hall–Kier alpha value is -3.25. The molecule has 0 aliphatic rings. The van der Waals surface area contributed by atoms with E-state index in [4.69, 9.17) is 16.3 Å². The van der Waals surface area contributed by atoms with Gasteiger partial charge < -0.3 is 20.1 Å². The Morgan fingerprint density at radius 2 is 1.78 bits per heavy atom. The predicted molar refractivity (Wildman–Crippen MR) is 106 cm³/mol. The molecule has 6 nitrogen and oxygen atoms in total. The van der Waals surface area contributed by atoms with E-state index in [2.05, 4.69) is 5.32 Å². The van der Waals surface area contributed by atoms with Crippen molar-refractivity contribution in [2.45, 2.75) is 0 Å². The second-order valence-electron chi connectivity index (χ2n) is 5.80. The molecule has 0 spiro atoms. The van der Waals surface area contributed by atoms with E-state index in [1.54, 1.807) is 48.5 Å². The number of benzene rings is 3. The molecule has 0 unspecified atom stereocenters. The van der Waals surface area contributed by atoms with Gasteiger partial charge in [-0.05, 0) is 35.9 Å². The molecule has 0 radical (unpaired) electrons. The highest BCUT2D eigenvalue weighted by Gasteiger charge is 2.18. The SMILES string of the molecule is COc1ccccc1NC(=O)c1ccc2c(N(C)C(=O)Cl)cccc2c1O. The molecule has 2 amide bonds. The molecule has 0 aliphatic carbocycles. The van der Waals surface area contributed by atoms with Crippen LogP contribution in [0.25, 0.3) is 10.8 Å². The molecule has 0 saturated heterocycles. The van der Waals surface area contributed by atoms with Crippen LogP contribution in [0.5, 0.6) is 11.5 Å². The van der Waals surface area contributed by atoms with E-state index in [1.807, 2.05) is 0 Å². The van der Waals surface area contributed by atoms with E-state index in [-0.39, 0.29) is 11.3 Å². The number of phenols is 1. The van der Waals surface area contributed by atoms with Gasteiger partial charge in [-0.25, -0.2) is 0 Å². The molecular formula is C20H17ClN2O4. The summed E-state index contributed by atoms with van der Waals surface area (Å²) < 4.78 is 5.22. The van der Waals surface area contributed by atoms with Crippen LogP contribution in [0.4, 0.5) is 16.2 Å². The maximum absolute atomic E-state index is 12.7. The number of nitrogens with one attached hydrogen (secondary N) is 1. The first kappa shape index (κ1) is 18.5. The molecule has 3 aromatic carbocycles. The number of carbonyl (C=O) groups excluding carboxylic acids is 2. The first-order chi connectivity index (χ1) is 12.9. The van der Waals surface area contributed by atoms with Gasteiger partial charge in [-0.3, -0.25) is 9.59 Å². The lowest BCUT2D eigenvalue weighted by atomic mass is 10.0. The summed E-state index contributed by atoms with van der Waals surface area (Å²) in [5.41, 5.74) is 1.12. The van der Waals surface area contributed by atoms with Gasteiger partial charge in [-0.1, -0.05) is 30.3 Å². The molecule has 0 saturated carbocycles. The molecular weight excluding hydrogens is 368 g/mol. The predicted octanol–water partition coefficient (Wildman–Crippen LogP) is 4.60. The number of para-hydroxylation sites is 2. The zero-order valence-corrected chi connectivity index (χ0v) is 15.4. The number of ether oxygens (including phenoxy) is 1. The lowest BCUT2D eigenvalue weighted by Gasteiger charge is -2.17. The molecule has 3 rings (SSSR count). The average molecular weight is 385 g/mol. The minimum atomic E-state index is -0.653. The highest BCUT2D eigenvalue weighted by Crippen LogP contribution is 2.35. The maximum Gasteiger partial charge on any atom is 0.320 e. The van der Waals surface area contributed by atoms with Crippen LogP contribution in [-0.2, 0) is 0 Å². The summed E-state index contributed by atoms with van der Waals surface area (Å²) in [6, 6.07) is 15.2. The number of carbonyl (C=O) groups is 2. The van der Waals surface area contributed by atoms with E-state index in [0.29, 0.717) is 27.9 Å². The van der Waals surface area contributed by atoms with E-state index >= 15 is 0 Å². The fourth-order valence-electron chi connectivity index (χ4n) is 2.83. The molecule has 0 bridgehead atoms. The number of hydrogen-bond donors (Lipinski definition) is 2. The van der Waals surface area contributed by atoms with Crippen LogP contribution in [0, 0.1) is 0 Å². The van der Waals surface area contributed by atoms with Crippen LogP contribution in [-0.4, -0.2) is 30.5 Å². The van der Waals surface area contributed by atoms with Crippen LogP contribution in [0.2, 0.25) is 0 Å². The zero-order chi connectivity index (χ0) is 19.6. The standard InChI is InChI=1S/C20H17ClN2O4/c1-23(20(21)26)16-8-5-6-13-12(16)10-11-14(18(13)24)19(25)22-15-7-3-4-9-17(15)27-2/h3-11,24H,1-2H3,(H,22,25). The summed E-state index contributed by atoms with van der Waals surface area (Å²) >= 11 is 5.55. The number of nitrogens with zero attached hydrogens (tertiary/aromatic N) is 1. The fourth-order valence-corrected chi connectivity index (χ4v) is 2.92. The van der Waals surface area contributed by atoms with Gasteiger partial charge in [0.15, 0.2) is 0 Å². The summed E-state index contributed by atoms with van der Waals surface area (Å²) in [7, 11) is 3.04. The summed E-state index contributed by atoms with van der Waals surface area (Å²) in [5, 5.41) is 13.7. The van der Waals surface area contributed by atoms with Gasteiger partial charge in [0.2, 0.25) is 0 Å². The topological polar surface area (TPSA) is 78.9 Å². The molecule has 27 heavy (non-hydrogen) atoms. The monoisotopic (exact) mass is 384 g/mol. The number of rotatable bonds is 4. The molecule has 0 heterocycles. The van der Waals surface area contributed by atoms with Crippen LogP contribution < -0.4 is 15.0 Å². The van der Waals surface area contributed by atoms with Crippen molar-refractivity contribution in [2.24, 2.45) is 0 Å². The molecule has 0 aromatic heterocycles. The van der Waals surface area contributed by atoms with Crippen molar-refractivity contribution in [3.05, 3.63) is 60.2 Å². The Morgan fingerprint density at radius 1 is 1.04 bits per heavy atom. The van der Waals surface area contributed by atoms with Crippen molar-refractivity contribution in [1.29, 1.82) is 0 Å². The van der Waals surface area contributed by atoms with E-state index < -0.39 is 11.3 Å². The summed E-state index contributed by atoms with van der Waals surface area (Å²) in [5.74, 6) is -0.154. The fraction of sp³-hybridized carbons (Fsp3) is 0.100. The smallest absolute Gasteiger partial charge is 0.320 e. The van der Waals surface area contributed by atoms with Crippen LogP contribution in [0.1, 0.15) is 10.4 Å². The Bertz CT molecular complexity index is 1040. The second kappa shape index (κ2) is 7.55. The Balaban J connectivity index is 2.02. The number of aromatic hydroxyl groups is 1. The Morgan fingerprint density at radius 3 is 2.48 bits per heavy atom. The first-order valence-corrected chi connectivity index (χ1v) is 8.44. The van der Waals surface area contributed by atoms with E-state index in [1.165, 1.54) is 25.1 Å². The van der Waals surface area contributed by atoms with Crippen molar-refractivity contribution in [2.75, 3.05) is 24.4 Å². The largest absolute Gasteiger partial charge is 0.506 e. The van der Waals surface area contributed by atoms with Gasteiger partial charge in [-0.15, -0.1) is 0 Å². The third-order valence-corrected chi connectivity index (χ3v) is 4.49. The molecule has 7 heteroatoms. The van der Waals surface area contributed by atoms with Gasteiger partial charge in [0.05, 0.1) is 24.0 Å². The van der Waals surface area contributed by atoms with Gasteiger partial charge in [-0.2, -0.15) is 0 Å². The number of hydrogen-bond acceptors (Lipinski definition) is 4. The van der Waals surface area contributed by atoms with Gasteiger partial charge in [0, 0.05) is 17.8 Å². The first-order valence-electron chi connectivity index (χ1n) is 8.06.